The number of carbonyl (C=O) groups excluding carboxylic acids is 1. The van der Waals surface area contributed by atoms with Crippen molar-refractivity contribution in [3.8, 4) is 0 Å². The van der Waals surface area contributed by atoms with Gasteiger partial charge in [-0.2, -0.15) is 11.8 Å². The van der Waals surface area contributed by atoms with Crippen LogP contribution in [-0.2, 0) is 11.2 Å². The number of carboxylic acids is 1. The van der Waals surface area contributed by atoms with E-state index in [4.69, 9.17) is 0 Å². The van der Waals surface area contributed by atoms with E-state index in [9.17, 15) is 14.7 Å². The molecule has 20 heavy (non-hydrogen) atoms. The molecule has 0 aliphatic carbocycles. The van der Waals surface area contributed by atoms with Crippen LogP contribution in [0.3, 0.4) is 0 Å². The zero-order valence-corrected chi connectivity index (χ0v) is 12.0. The first-order valence-corrected chi connectivity index (χ1v) is 7.58. The Morgan fingerprint density at radius 2 is 2.50 bits per heavy atom. The first kappa shape index (κ1) is 14.7. The number of urea groups is 1. The first-order chi connectivity index (χ1) is 9.58. The number of nitrogens with one attached hydrogen (secondary N) is 2. The minimum absolute atomic E-state index is 0.121. The summed E-state index contributed by atoms with van der Waals surface area (Å²) in [7, 11) is 0. The number of H-pyrrole nitrogens is 1. The van der Waals surface area contributed by atoms with Gasteiger partial charge in [0.15, 0.2) is 0 Å². The molecule has 1 fully saturated rings. The van der Waals surface area contributed by atoms with Gasteiger partial charge in [0.25, 0.3) is 0 Å². The van der Waals surface area contributed by atoms with Crippen LogP contribution in [0, 0.1) is 0 Å². The molecular formula is C12H18N4O3S. The van der Waals surface area contributed by atoms with Crippen LogP contribution in [-0.4, -0.2) is 62.1 Å². The molecule has 2 rings (SSSR count). The van der Waals surface area contributed by atoms with Crippen LogP contribution >= 0.6 is 11.8 Å². The maximum absolute atomic E-state index is 12.2. The van der Waals surface area contributed by atoms with Gasteiger partial charge in [0, 0.05) is 42.4 Å². The van der Waals surface area contributed by atoms with Gasteiger partial charge in [-0.05, 0) is 6.92 Å². The number of hydrogen-bond acceptors (Lipinski definition) is 4. The largest absolute Gasteiger partial charge is 0.480 e. The Bertz CT molecular complexity index is 465. The summed E-state index contributed by atoms with van der Waals surface area (Å²) in [5.41, 5.74) is 0.681. The number of carboxylic acid groups (broad SMARTS) is 1. The Balaban J connectivity index is 1.96. The number of aromatic amines is 1. The van der Waals surface area contributed by atoms with E-state index in [-0.39, 0.29) is 18.5 Å². The lowest BCUT2D eigenvalue weighted by molar-refractivity contribution is -0.139. The molecule has 1 aromatic rings. The van der Waals surface area contributed by atoms with Crippen molar-refractivity contribution in [3.05, 3.63) is 18.2 Å². The monoisotopic (exact) mass is 298 g/mol. The first-order valence-electron chi connectivity index (χ1n) is 6.43. The van der Waals surface area contributed by atoms with Crippen LogP contribution in [0.2, 0.25) is 0 Å². The van der Waals surface area contributed by atoms with E-state index in [0.717, 1.165) is 11.5 Å². The number of amides is 2. The van der Waals surface area contributed by atoms with E-state index in [1.165, 1.54) is 6.33 Å². The van der Waals surface area contributed by atoms with Gasteiger partial charge in [-0.15, -0.1) is 0 Å². The smallest absolute Gasteiger partial charge is 0.326 e. The Morgan fingerprint density at radius 1 is 1.70 bits per heavy atom. The third-order valence-corrected chi connectivity index (χ3v) is 4.39. The quantitative estimate of drug-likeness (QED) is 0.754. The minimum atomic E-state index is -1.05. The molecule has 1 aromatic heterocycles. The third-order valence-electron chi connectivity index (χ3n) is 3.20. The third kappa shape index (κ3) is 3.66. The fourth-order valence-corrected chi connectivity index (χ4v) is 3.09. The van der Waals surface area contributed by atoms with Gasteiger partial charge in [0.2, 0.25) is 0 Å². The minimum Gasteiger partial charge on any atom is -0.480 e. The van der Waals surface area contributed by atoms with Gasteiger partial charge in [-0.25, -0.2) is 14.6 Å². The Hall–Kier alpha value is -1.70. The van der Waals surface area contributed by atoms with Crippen molar-refractivity contribution in [1.29, 1.82) is 0 Å². The second-order valence-corrected chi connectivity index (χ2v) is 5.89. The standard InChI is InChI=1S/C12H18N4O3S/c1-8-6-20-3-2-16(8)12(19)15-10(11(17)18)4-9-5-13-7-14-9/h5,7-8,10H,2-4,6H2,1H3,(H,13,14)(H,15,19)(H,17,18)/t8?,10-/m0/s1. The Morgan fingerprint density at radius 3 is 3.10 bits per heavy atom. The summed E-state index contributed by atoms with van der Waals surface area (Å²) in [4.78, 5) is 31.8. The fourth-order valence-electron chi connectivity index (χ4n) is 2.08. The highest BCUT2D eigenvalue weighted by molar-refractivity contribution is 7.99. The summed E-state index contributed by atoms with van der Waals surface area (Å²) in [6.07, 6.45) is 3.24. The van der Waals surface area contributed by atoms with Crippen LogP contribution in [0.4, 0.5) is 4.79 Å². The molecule has 1 aliphatic heterocycles. The van der Waals surface area contributed by atoms with Crippen molar-refractivity contribution in [2.75, 3.05) is 18.1 Å². The molecule has 7 nitrogen and oxygen atoms in total. The van der Waals surface area contributed by atoms with Gasteiger partial charge in [-0.1, -0.05) is 0 Å². The Kier molecular flexibility index (Phi) is 4.89. The van der Waals surface area contributed by atoms with E-state index in [2.05, 4.69) is 15.3 Å². The lowest BCUT2D eigenvalue weighted by Gasteiger charge is -2.33. The van der Waals surface area contributed by atoms with Gasteiger partial charge in [0.1, 0.15) is 6.04 Å². The molecule has 110 valence electrons. The zero-order valence-electron chi connectivity index (χ0n) is 11.2. The molecule has 1 aliphatic rings. The highest BCUT2D eigenvalue weighted by atomic mass is 32.2. The van der Waals surface area contributed by atoms with Crippen molar-refractivity contribution in [3.63, 3.8) is 0 Å². The van der Waals surface area contributed by atoms with Gasteiger partial charge in [0.05, 0.1) is 6.33 Å². The molecule has 1 saturated heterocycles. The van der Waals surface area contributed by atoms with Gasteiger partial charge < -0.3 is 20.3 Å². The van der Waals surface area contributed by atoms with E-state index in [1.54, 1.807) is 22.9 Å². The summed E-state index contributed by atoms with van der Waals surface area (Å²) in [5, 5.41) is 11.8. The van der Waals surface area contributed by atoms with Gasteiger partial charge >= 0.3 is 12.0 Å². The van der Waals surface area contributed by atoms with Crippen molar-refractivity contribution in [2.45, 2.75) is 25.4 Å². The average Bonchev–Trinajstić information content (AvgIpc) is 2.91. The van der Waals surface area contributed by atoms with Crippen molar-refractivity contribution < 1.29 is 14.7 Å². The van der Waals surface area contributed by atoms with Crippen LogP contribution in [0.1, 0.15) is 12.6 Å². The molecule has 2 heterocycles. The predicted molar refractivity (Wildman–Crippen MR) is 75.7 cm³/mol. The summed E-state index contributed by atoms with van der Waals surface area (Å²) in [6.45, 7) is 2.62. The maximum atomic E-state index is 12.2. The van der Waals surface area contributed by atoms with Crippen molar-refractivity contribution >= 4 is 23.8 Å². The highest BCUT2D eigenvalue weighted by Crippen LogP contribution is 2.16. The summed E-state index contributed by atoms with van der Waals surface area (Å²) in [6, 6.07) is -1.15. The van der Waals surface area contributed by atoms with Gasteiger partial charge in [-0.3, -0.25) is 0 Å². The maximum Gasteiger partial charge on any atom is 0.326 e. The van der Waals surface area contributed by atoms with Crippen LogP contribution < -0.4 is 5.32 Å². The SMILES string of the molecule is CC1CSCCN1C(=O)N[C@@H](Cc1cnc[nH]1)C(=O)O. The average molecular weight is 298 g/mol. The molecule has 2 atom stereocenters. The number of thioether (sulfide) groups is 1. The number of aromatic nitrogens is 2. The second-order valence-electron chi connectivity index (χ2n) is 4.74. The van der Waals surface area contributed by atoms with E-state index < -0.39 is 12.0 Å². The molecule has 2 amide bonds. The molecular weight excluding hydrogens is 280 g/mol. The molecule has 8 heteroatoms. The highest BCUT2D eigenvalue weighted by Gasteiger charge is 2.28. The lowest BCUT2D eigenvalue weighted by Crippen LogP contribution is -2.53. The number of hydrogen-bond donors (Lipinski definition) is 3. The van der Waals surface area contributed by atoms with Crippen molar-refractivity contribution in [1.82, 2.24) is 20.2 Å². The molecule has 1 unspecified atom stereocenters. The number of nitrogens with zero attached hydrogens (tertiary/aromatic N) is 2. The summed E-state index contributed by atoms with van der Waals surface area (Å²) < 4.78 is 0. The number of carbonyl (C=O) groups is 2. The molecule has 0 spiro atoms. The summed E-state index contributed by atoms with van der Waals surface area (Å²) >= 11 is 1.80. The number of imidazole rings is 1. The fraction of sp³-hybridized carbons (Fsp3) is 0.583. The van der Waals surface area contributed by atoms with Crippen LogP contribution in [0.15, 0.2) is 12.5 Å². The topological polar surface area (TPSA) is 98.3 Å². The zero-order chi connectivity index (χ0) is 14.5. The molecule has 0 radical (unpaired) electrons. The van der Waals surface area contributed by atoms with Crippen LogP contribution in [0.25, 0.3) is 0 Å². The van der Waals surface area contributed by atoms with Crippen molar-refractivity contribution in [2.24, 2.45) is 0 Å². The normalized spacial score (nSPS) is 20.4. The lowest BCUT2D eigenvalue weighted by atomic mass is 10.1. The predicted octanol–water partition coefficient (Wildman–Crippen LogP) is 0.552. The molecule has 0 saturated carbocycles. The molecule has 0 aromatic carbocycles. The molecule has 0 bridgehead atoms. The summed E-state index contributed by atoms with van der Waals surface area (Å²) in [5.74, 6) is 0.717. The van der Waals surface area contributed by atoms with E-state index in [0.29, 0.717) is 12.2 Å². The van der Waals surface area contributed by atoms with E-state index >= 15 is 0 Å². The number of rotatable bonds is 4. The van der Waals surface area contributed by atoms with E-state index in [1.807, 2.05) is 6.92 Å². The Labute approximate surface area is 121 Å². The molecule has 3 N–H and O–H groups in total. The number of aliphatic carboxylic acids is 1. The van der Waals surface area contributed by atoms with Crippen LogP contribution in [0.5, 0.6) is 0 Å². The second kappa shape index (κ2) is 6.65.